The molecule has 2 aromatic carbocycles. The molecule has 2 rings (SSSR count). The van der Waals surface area contributed by atoms with E-state index in [0.717, 1.165) is 11.1 Å². The Bertz CT molecular complexity index is 1080. The van der Waals surface area contributed by atoms with Gasteiger partial charge in [-0.15, -0.1) is 0 Å². The van der Waals surface area contributed by atoms with Crippen molar-refractivity contribution in [3.8, 4) is 11.5 Å². The molecular formula is C29H32Cl4O8. The Kier molecular flexibility index (Phi) is 14.5. The lowest BCUT2D eigenvalue weighted by Gasteiger charge is -2.28. The maximum atomic E-state index is 11.4. The lowest BCUT2D eigenvalue weighted by Crippen LogP contribution is -2.19. The minimum Gasteiger partial charge on any atom is -0.490 e. The molecule has 0 bridgehead atoms. The molecule has 0 saturated heterocycles. The Hall–Kier alpha value is -2.78. The van der Waals surface area contributed by atoms with E-state index in [1.54, 1.807) is 24.3 Å². The number of hydrogen-bond donors (Lipinski definition) is 0. The molecule has 0 N–H and O–H groups in total. The zero-order valence-corrected chi connectivity index (χ0v) is 25.8. The van der Waals surface area contributed by atoms with E-state index in [2.05, 4.69) is 13.2 Å². The van der Waals surface area contributed by atoms with E-state index in [4.69, 9.17) is 74.8 Å². The monoisotopic (exact) mass is 648 g/mol. The maximum Gasteiger partial charge on any atom is 0.508 e. The molecule has 0 saturated carbocycles. The molecule has 0 atom stereocenters. The van der Waals surface area contributed by atoms with Crippen LogP contribution < -0.4 is 9.47 Å². The highest BCUT2D eigenvalue weighted by atomic mass is 35.5. The highest BCUT2D eigenvalue weighted by Gasteiger charge is 2.28. The molecule has 41 heavy (non-hydrogen) atoms. The molecular weight excluding hydrogens is 618 g/mol. The van der Waals surface area contributed by atoms with Gasteiger partial charge in [0.2, 0.25) is 0 Å². The second-order valence-electron chi connectivity index (χ2n) is 8.96. The second kappa shape index (κ2) is 17.2. The minimum atomic E-state index is -0.777. The number of carbonyl (C=O) groups is 2. The van der Waals surface area contributed by atoms with Crippen molar-refractivity contribution in [1.82, 2.24) is 0 Å². The van der Waals surface area contributed by atoms with Gasteiger partial charge in [0.15, 0.2) is 11.5 Å². The van der Waals surface area contributed by atoms with Crippen LogP contribution in [0.1, 0.15) is 37.8 Å². The fourth-order valence-electron chi connectivity index (χ4n) is 3.40. The molecule has 0 aliphatic rings. The molecule has 0 radical (unpaired) electrons. The molecule has 0 unspecified atom stereocenters. The third-order valence-corrected chi connectivity index (χ3v) is 6.71. The van der Waals surface area contributed by atoms with Gasteiger partial charge >= 0.3 is 12.3 Å². The van der Waals surface area contributed by atoms with Gasteiger partial charge < -0.3 is 28.4 Å². The fourth-order valence-corrected chi connectivity index (χ4v) is 4.59. The van der Waals surface area contributed by atoms with Crippen molar-refractivity contribution in [3.05, 3.63) is 80.8 Å². The normalized spacial score (nSPS) is 10.9. The predicted octanol–water partition coefficient (Wildman–Crippen LogP) is 8.84. The number of hydrogen-bond acceptors (Lipinski definition) is 8. The highest BCUT2D eigenvalue weighted by molar-refractivity contribution is 6.38. The van der Waals surface area contributed by atoms with E-state index in [-0.39, 0.29) is 39.6 Å². The van der Waals surface area contributed by atoms with Gasteiger partial charge in [-0.25, -0.2) is 9.59 Å². The fraction of sp³-hybridized carbons (Fsp3) is 0.379. The molecule has 0 aromatic heterocycles. The smallest absolute Gasteiger partial charge is 0.490 e. The topological polar surface area (TPSA) is 89.5 Å². The summed E-state index contributed by atoms with van der Waals surface area (Å²) in [6.45, 7) is 11.7. The third-order valence-electron chi connectivity index (χ3n) is 5.59. The van der Waals surface area contributed by atoms with Crippen LogP contribution in [0.4, 0.5) is 9.59 Å². The molecule has 8 nitrogen and oxygen atoms in total. The SMILES string of the molecule is C=CCOC(=O)OCCCOc1c(Cl)cc(C(C)(C)c2cc(Cl)c(OCCCOC(=O)OCC=C)c(Cl)c2)cc1Cl. The zero-order valence-electron chi connectivity index (χ0n) is 22.8. The summed E-state index contributed by atoms with van der Waals surface area (Å²) >= 11 is 26.1. The summed E-state index contributed by atoms with van der Waals surface area (Å²) in [4.78, 5) is 22.7. The molecule has 0 fully saturated rings. The summed E-state index contributed by atoms with van der Waals surface area (Å²) in [6, 6.07) is 7.05. The van der Waals surface area contributed by atoms with E-state index < -0.39 is 17.7 Å². The summed E-state index contributed by atoms with van der Waals surface area (Å²) < 4.78 is 30.8. The van der Waals surface area contributed by atoms with Crippen molar-refractivity contribution >= 4 is 58.7 Å². The second-order valence-corrected chi connectivity index (χ2v) is 10.6. The van der Waals surface area contributed by atoms with Crippen LogP contribution in [0, 0.1) is 0 Å². The first-order chi connectivity index (χ1) is 19.5. The van der Waals surface area contributed by atoms with Gasteiger partial charge in [-0.05, 0) is 35.4 Å². The standard InChI is InChI=1S/C29H32Cl4O8/c1-5-9-38-27(34)40-13-7-11-36-25-21(30)15-19(16-22(25)31)29(3,4)20-17-23(32)26(24(33)18-20)37-12-8-14-41-28(35)39-10-6-2/h5-6,15-18H,1-2,7-14H2,3-4H3. The van der Waals surface area contributed by atoms with E-state index in [9.17, 15) is 9.59 Å². The van der Waals surface area contributed by atoms with Gasteiger partial charge in [0.1, 0.15) is 13.2 Å². The van der Waals surface area contributed by atoms with Gasteiger partial charge in [0, 0.05) is 18.3 Å². The van der Waals surface area contributed by atoms with Gasteiger partial charge in [-0.2, -0.15) is 0 Å². The molecule has 224 valence electrons. The van der Waals surface area contributed by atoms with Crippen molar-refractivity contribution in [2.24, 2.45) is 0 Å². The van der Waals surface area contributed by atoms with Crippen LogP contribution in [0.2, 0.25) is 20.1 Å². The Labute approximate surface area is 260 Å². The Morgan fingerprint density at radius 1 is 0.659 bits per heavy atom. The predicted molar refractivity (Wildman–Crippen MR) is 160 cm³/mol. The average Bonchev–Trinajstić information content (AvgIpc) is 2.92. The Balaban J connectivity index is 2.00. The van der Waals surface area contributed by atoms with E-state index in [0.29, 0.717) is 44.4 Å². The first-order valence-corrected chi connectivity index (χ1v) is 14.1. The quantitative estimate of drug-likeness (QED) is 0.101. The van der Waals surface area contributed by atoms with E-state index in [1.165, 1.54) is 12.2 Å². The number of benzene rings is 2. The number of ether oxygens (including phenoxy) is 6. The minimum absolute atomic E-state index is 0.0765. The highest BCUT2D eigenvalue weighted by Crippen LogP contribution is 2.43. The van der Waals surface area contributed by atoms with Crippen molar-refractivity contribution in [3.63, 3.8) is 0 Å². The zero-order chi connectivity index (χ0) is 30.4. The van der Waals surface area contributed by atoms with Crippen molar-refractivity contribution in [2.45, 2.75) is 32.1 Å². The van der Waals surface area contributed by atoms with Crippen LogP contribution in [0.5, 0.6) is 11.5 Å². The molecule has 0 spiro atoms. The van der Waals surface area contributed by atoms with Gasteiger partial charge in [-0.1, -0.05) is 85.6 Å². The summed E-state index contributed by atoms with van der Waals surface area (Å²) in [7, 11) is 0. The van der Waals surface area contributed by atoms with Gasteiger partial charge in [0.05, 0.1) is 46.5 Å². The van der Waals surface area contributed by atoms with Crippen LogP contribution in [0.3, 0.4) is 0 Å². The summed E-state index contributed by atoms with van der Waals surface area (Å²) in [5.41, 5.74) is 1.00. The average molecular weight is 650 g/mol. The van der Waals surface area contributed by atoms with Gasteiger partial charge in [-0.3, -0.25) is 0 Å². The molecule has 2 aromatic rings. The Morgan fingerprint density at radius 2 is 1.00 bits per heavy atom. The lowest BCUT2D eigenvalue weighted by molar-refractivity contribution is 0.0586. The maximum absolute atomic E-state index is 11.4. The number of halogens is 4. The number of carbonyl (C=O) groups excluding carboxylic acids is 2. The first-order valence-electron chi connectivity index (χ1n) is 12.6. The van der Waals surface area contributed by atoms with Crippen LogP contribution in [-0.2, 0) is 24.4 Å². The lowest BCUT2D eigenvalue weighted by atomic mass is 9.78. The van der Waals surface area contributed by atoms with Crippen molar-refractivity contribution in [1.29, 1.82) is 0 Å². The number of rotatable bonds is 16. The van der Waals surface area contributed by atoms with Crippen LogP contribution in [0.15, 0.2) is 49.6 Å². The summed E-state index contributed by atoms with van der Waals surface area (Å²) in [5, 5.41) is 1.28. The summed E-state index contributed by atoms with van der Waals surface area (Å²) in [5.74, 6) is 0.639. The molecule has 0 heterocycles. The Morgan fingerprint density at radius 3 is 1.32 bits per heavy atom. The van der Waals surface area contributed by atoms with Crippen LogP contribution in [0.25, 0.3) is 0 Å². The van der Waals surface area contributed by atoms with Crippen molar-refractivity contribution < 1.29 is 38.0 Å². The molecule has 0 amide bonds. The summed E-state index contributed by atoms with van der Waals surface area (Å²) in [6.07, 6.45) is 2.15. The molecule has 0 aliphatic heterocycles. The first kappa shape index (κ1) is 34.4. The van der Waals surface area contributed by atoms with E-state index >= 15 is 0 Å². The van der Waals surface area contributed by atoms with Crippen molar-refractivity contribution in [2.75, 3.05) is 39.6 Å². The molecule has 12 heteroatoms. The van der Waals surface area contributed by atoms with Gasteiger partial charge in [0.25, 0.3) is 0 Å². The largest absolute Gasteiger partial charge is 0.508 e. The van der Waals surface area contributed by atoms with E-state index in [1.807, 2.05) is 13.8 Å². The van der Waals surface area contributed by atoms with Crippen LogP contribution >= 0.6 is 46.4 Å². The molecule has 0 aliphatic carbocycles. The third kappa shape index (κ3) is 10.9. The van der Waals surface area contributed by atoms with Crippen LogP contribution in [-0.4, -0.2) is 52.0 Å².